The minimum absolute atomic E-state index is 0.0624. The Kier molecular flexibility index (Phi) is 7.85. The maximum Gasteiger partial charge on any atom is 0.232 e. The highest BCUT2D eigenvalue weighted by Gasteiger charge is 2.22. The van der Waals surface area contributed by atoms with Crippen molar-refractivity contribution in [3.05, 3.63) is 59.7 Å². The minimum atomic E-state index is -0.0624. The molecule has 1 aliphatic heterocycles. The molecule has 1 fully saturated rings. The summed E-state index contributed by atoms with van der Waals surface area (Å²) in [6.45, 7) is 5.43. The van der Waals surface area contributed by atoms with Crippen LogP contribution in [0.3, 0.4) is 0 Å². The second-order valence-electron chi connectivity index (χ2n) is 7.66. The summed E-state index contributed by atoms with van der Waals surface area (Å²) in [7, 11) is 1.63. The van der Waals surface area contributed by atoms with Crippen molar-refractivity contribution < 1.29 is 14.3 Å². The molecule has 0 saturated carbocycles. The molecule has 2 aromatic carbocycles. The Labute approximate surface area is 198 Å². The summed E-state index contributed by atoms with van der Waals surface area (Å²) in [5.41, 5.74) is 3.23. The fraction of sp³-hybridized carbons (Fsp3) is 0.375. The van der Waals surface area contributed by atoms with Crippen LogP contribution in [0.25, 0.3) is 5.69 Å². The zero-order valence-electron chi connectivity index (χ0n) is 19.0. The molecule has 1 aliphatic rings. The van der Waals surface area contributed by atoms with Crippen molar-refractivity contribution in [2.24, 2.45) is 0 Å². The number of anilines is 1. The van der Waals surface area contributed by atoms with Crippen molar-refractivity contribution in [3.63, 3.8) is 0 Å². The van der Waals surface area contributed by atoms with Gasteiger partial charge in [-0.3, -0.25) is 9.36 Å². The van der Waals surface area contributed by atoms with Gasteiger partial charge < -0.3 is 19.7 Å². The van der Waals surface area contributed by atoms with Crippen molar-refractivity contribution in [2.45, 2.75) is 25.0 Å². The number of aromatic nitrogens is 3. The first-order valence-electron chi connectivity index (χ1n) is 11.1. The summed E-state index contributed by atoms with van der Waals surface area (Å²) >= 11 is 1.39. The van der Waals surface area contributed by atoms with Crippen LogP contribution in [0.15, 0.2) is 53.7 Å². The van der Waals surface area contributed by atoms with Gasteiger partial charge in [-0.15, -0.1) is 10.2 Å². The Morgan fingerprint density at radius 3 is 2.70 bits per heavy atom. The molecule has 33 heavy (non-hydrogen) atoms. The molecule has 0 radical (unpaired) electrons. The lowest BCUT2D eigenvalue weighted by atomic mass is 10.1. The van der Waals surface area contributed by atoms with Gasteiger partial charge in [0.25, 0.3) is 0 Å². The average Bonchev–Trinajstić information content (AvgIpc) is 3.31. The first-order valence-corrected chi connectivity index (χ1v) is 12.1. The first kappa shape index (κ1) is 23.1. The number of nitrogens with one attached hydrogen (secondary N) is 1. The second-order valence-corrected chi connectivity index (χ2v) is 8.60. The number of carbonyl (C=O) groups excluding carboxylic acids is 1. The number of benzene rings is 2. The molecule has 1 amide bonds. The highest BCUT2D eigenvalue weighted by Crippen LogP contribution is 2.27. The Balaban J connectivity index is 1.48. The number of nitrogens with zero attached hydrogens (tertiary/aromatic N) is 4. The Hall–Kier alpha value is -3.04. The zero-order chi connectivity index (χ0) is 23.0. The van der Waals surface area contributed by atoms with Crippen LogP contribution in [0, 0.1) is 0 Å². The molecule has 0 aliphatic carbocycles. The van der Waals surface area contributed by atoms with E-state index in [0.29, 0.717) is 24.9 Å². The van der Waals surface area contributed by atoms with Crippen molar-refractivity contribution in [2.75, 3.05) is 44.1 Å². The normalized spacial score (nSPS) is 13.7. The molecule has 8 nitrogen and oxygen atoms in total. The fourth-order valence-corrected chi connectivity index (χ4v) is 4.41. The zero-order valence-corrected chi connectivity index (χ0v) is 19.8. The second kappa shape index (κ2) is 11.2. The van der Waals surface area contributed by atoms with Crippen LogP contribution < -0.4 is 15.0 Å². The van der Waals surface area contributed by atoms with Gasteiger partial charge in [0, 0.05) is 19.6 Å². The van der Waals surface area contributed by atoms with Crippen LogP contribution >= 0.6 is 11.8 Å². The highest BCUT2D eigenvalue weighted by atomic mass is 32.2. The Morgan fingerprint density at radius 2 is 1.91 bits per heavy atom. The van der Waals surface area contributed by atoms with E-state index in [9.17, 15) is 4.79 Å². The van der Waals surface area contributed by atoms with Gasteiger partial charge in [0.15, 0.2) is 5.16 Å². The summed E-state index contributed by atoms with van der Waals surface area (Å²) < 4.78 is 12.8. The monoisotopic (exact) mass is 467 g/mol. The number of thioether (sulfide) groups is 1. The van der Waals surface area contributed by atoms with E-state index in [1.165, 1.54) is 17.3 Å². The molecule has 1 saturated heterocycles. The van der Waals surface area contributed by atoms with E-state index in [1.807, 2.05) is 34.9 Å². The van der Waals surface area contributed by atoms with Gasteiger partial charge in [0.05, 0.1) is 31.8 Å². The van der Waals surface area contributed by atoms with E-state index in [1.54, 1.807) is 7.11 Å². The average molecular weight is 468 g/mol. The number of rotatable bonds is 9. The number of aryl methyl sites for hydroxylation is 1. The van der Waals surface area contributed by atoms with E-state index in [2.05, 4.69) is 45.5 Å². The molecular formula is C24H29N5O3S. The predicted molar refractivity (Wildman–Crippen MR) is 129 cm³/mol. The van der Waals surface area contributed by atoms with Gasteiger partial charge in [0.1, 0.15) is 5.75 Å². The summed E-state index contributed by atoms with van der Waals surface area (Å²) in [6.07, 6.45) is 0.942. The van der Waals surface area contributed by atoms with Crippen LogP contribution in [0.1, 0.15) is 18.1 Å². The van der Waals surface area contributed by atoms with Crippen LogP contribution in [0.2, 0.25) is 0 Å². The smallest absolute Gasteiger partial charge is 0.232 e. The van der Waals surface area contributed by atoms with Gasteiger partial charge in [0.2, 0.25) is 11.9 Å². The van der Waals surface area contributed by atoms with Crippen LogP contribution in [0.5, 0.6) is 5.75 Å². The molecule has 0 spiro atoms. The number of amides is 1. The SMILES string of the molecule is CCc1cccc(-n2c(SCC(=O)NCc3cccc(OC)c3)nnc2N2CCOCC2)c1. The van der Waals surface area contributed by atoms with Crippen molar-refractivity contribution >= 4 is 23.6 Å². The van der Waals surface area contributed by atoms with Gasteiger partial charge >= 0.3 is 0 Å². The number of morpholine rings is 1. The molecule has 0 atom stereocenters. The molecule has 2 heterocycles. The van der Waals surface area contributed by atoms with E-state index in [4.69, 9.17) is 9.47 Å². The van der Waals surface area contributed by atoms with E-state index in [-0.39, 0.29) is 11.7 Å². The largest absolute Gasteiger partial charge is 0.497 e. The number of methoxy groups -OCH3 is 1. The lowest BCUT2D eigenvalue weighted by Gasteiger charge is -2.28. The molecule has 9 heteroatoms. The first-order chi connectivity index (χ1) is 16.2. The van der Waals surface area contributed by atoms with Gasteiger partial charge in [-0.1, -0.05) is 43.0 Å². The lowest BCUT2D eigenvalue weighted by molar-refractivity contribution is -0.118. The maximum atomic E-state index is 12.6. The van der Waals surface area contributed by atoms with Crippen LogP contribution in [-0.4, -0.2) is 59.8 Å². The van der Waals surface area contributed by atoms with Crippen molar-refractivity contribution in [1.29, 1.82) is 0 Å². The van der Waals surface area contributed by atoms with E-state index < -0.39 is 0 Å². The summed E-state index contributed by atoms with van der Waals surface area (Å²) in [6, 6.07) is 16.0. The third-order valence-corrected chi connectivity index (χ3v) is 6.37. The standard InChI is InChI=1S/C24H29N5O3S/c1-3-18-6-4-8-20(14-18)29-23(28-10-12-32-13-11-28)26-27-24(29)33-17-22(30)25-16-19-7-5-9-21(15-19)31-2/h4-9,14-15H,3,10-13,16-17H2,1-2H3,(H,25,30). The van der Waals surface area contributed by atoms with Crippen LogP contribution in [0.4, 0.5) is 5.95 Å². The third kappa shape index (κ3) is 5.85. The Bertz CT molecular complexity index is 1080. The van der Waals surface area contributed by atoms with E-state index in [0.717, 1.165) is 42.5 Å². The number of carbonyl (C=O) groups is 1. The number of hydrogen-bond acceptors (Lipinski definition) is 7. The maximum absolute atomic E-state index is 12.6. The van der Waals surface area contributed by atoms with Gasteiger partial charge in [-0.25, -0.2) is 0 Å². The predicted octanol–water partition coefficient (Wildman–Crippen LogP) is 3.08. The molecule has 1 aromatic heterocycles. The fourth-order valence-electron chi connectivity index (χ4n) is 3.63. The third-order valence-electron chi connectivity index (χ3n) is 5.44. The molecule has 1 N–H and O–H groups in total. The molecule has 174 valence electrons. The Morgan fingerprint density at radius 1 is 1.12 bits per heavy atom. The highest BCUT2D eigenvalue weighted by molar-refractivity contribution is 7.99. The van der Waals surface area contributed by atoms with E-state index >= 15 is 0 Å². The molecule has 0 unspecified atom stereocenters. The molecule has 0 bridgehead atoms. The summed E-state index contributed by atoms with van der Waals surface area (Å²) in [4.78, 5) is 14.7. The van der Waals surface area contributed by atoms with Gasteiger partial charge in [-0.2, -0.15) is 0 Å². The molecular weight excluding hydrogens is 438 g/mol. The van der Waals surface area contributed by atoms with Gasteiger partial charge in [-0.05, 0) is 41.8 Å². The minimum Gasteiger partial charge on any atom is -0.497 e. The summed E-state index contributed by atoms with van der Waals surface area (Å²) in [5.74, 6) is 1.74. The topological polar surface area (TPSA) is 81.5 Å². The lowest BCUT2D eigenvalue weighted by Crippen LogP contribution is -2.37. The number of ether oxygens (including phenoxy) is 2. The number of hydrogen-bond donors (Lipinski definition) is 1. The van der Waals surface area contributed by atoms with Crippen molar-refractivity contribution in [3.8, 4) is 11.4 Å². The van der Waals surface area contributed by atoms with Crippen LogP contribution in [-0.2, 0) is 22.5 Å². The molecule has 3 aromatic rings. The van der Waals surface area contributed by atoms with Crippen molar-refractivity contribution in [1.82, 2.24) is 20.1 Å². The quantitative estimate of drug-likeness (QED) is 0.484. The summed E-state index contributed by atoms with van der Waals surface area (Å²) in [5, 5.41) is 12.6. The molecule has 4 rings (SSSR count).